The molecule has 2 aromatic carbocycles. The Balaban J connectivity index is 1.71. The number of primary amides is 1. The summed E-state index contributed by atoms with van der Waals surface area (Å²) in [7, 11) is 0. The number of H-pyrrole nitrogens is 1. The maximum absolute atomic E-state index is 12.8. The molecule has 0 aliphatic carbocycles. The highest BCUT2D eigenvalue weighted by molar-refractivity contribution is 5.89. The highest BCUT2D eigenvalue weighted by Crippen LogP contribution is 2.29. The number of benzene rings is 2. The van der Waals surface area contributed by atoms with Crippen molar-refractivity contribution in [2.45, 2.75) is 25.1 Å². The van der Waals surface area contributed by atoms with Crippen LogP contribution in [0.5, 0.6) is 0 Å². The highest BCUT2D eigenvalue weighted by atomic mass is 19.4. The van der Waals surface area contributed by atoms with Crippen molar-refractivity contribution in [1.29, 1.82) is 0 Å². The van der Waals surface area contributed by atoms with Crippen molar-refractivity contribution in [3.63, 3.8) is 0 Å². The summed E-state index contributed by atoms with van der Waals surface area (Å²) in [6.07, 6.45) is -2.87. The molecule has 4 N–H and O–H groups in total. The van der Waals surface area contributed by atoms with Gasteiger partial charge in [-0.3, -0.25) is 9.59 Å². The number of amides is 2. The number of aromatic nitrogens is 1. The normalized spacial score (nSPS) is 12.7. The molecule has 0 bridgehead atoms. The molecule has 8 heteroatoms. The number of aromatic amines is 1. The molecule has 0 fully saturated rings. The van der Waals surface area contributed by atoms with Gasteiger partial charge in [0.15, 0.2) is 0 Å². The van der Waals surface area contributed by atoms with Gasteiger partial charge in [0.05, 0.1) is 12.0 Å². The Morgan fingerprint density at radius 2 is 1.86 bits per heavy atom. The van der Waals surface area contributed by atoms with Gasteiger partial charge in [0.25, 0.3) is 0 Å². The molecular formula is C20H18F3N3O2. The summed E-state index contributed by atoms with van der Waals surface area (Å²) in [6.45, 7) is 0. The van der Waals surface area contributed by atoms with E-state index in [0.717, 1.165) is 28.6 Å². The average molecular weight is 389 g/mol. The van der Waals surface area contributed by atoms with Crippen LogP contribution < -0.4 is 11.1 Å². The third-order valence-electron chi connectivity index (χ3n) is 4.40. The first kappa shape index (κ1) is 19.5. The van der Waals surface area contributed by atoms with E-state index in [9.17, 15) is 22.8 Å². The van der Waals surface area contributed by atoms with Crippen molar-refractivity contribution in [3.8, 4) is 0 Å². The van der Waals surface area contributed by atoms with E-state index in [1.165, 1.54) is 12.1 Å². The van der Waals surface area contributed by atoms with Crippen LogP contribution in [0.15, 0.2) is 54.7 Å². The number of alkyl halides is 3. The van der Waals surface area contributed by atoms with Gasteiger partial charge in [0.1, 0.15) is 6.04 Å². The maximum Gasteiger partial charge on any atom is 0.416 e. The first-order valence-electron chi connectivity index (χ1n) is 8.54. The average Bonchev–Trinajstić information content (AvgIpc) is 3.03. The van der Waals surface area contributed by atoms with Crippen LogP contribution in [0.3, 0.4) is 0 Å². The number of halogens is 3. The molecule has 0 saturated heterocycles. The van der Waals surface area contributed by atoms with E-state index >= 15 is 0 Å². The summed E-state index contributed by atoms with van der Waals surface area (Å²) in [6, 6.07) is 11.0. The molecule has 0 aliphatic rings. The quantitative estimate of drug-likeness (QED) is 0.605. The summed E-state index contributed by atoms with van der Waals surface area (Å²) in [5, 5.41) is 3.42. The molecule has 1 unspecified atom stereocenters. The standard InChI is InChI=1S/C20H18F3N3O2/c21-20(22,23)14-5-3-4-12(8-14)9-18(27)26-17(19(24)28)10-13-11-25-16-7-2-1-6-15(13)16/h1-8,11,17,25H,9-10H2,(H2,24,28)(H,26,27). The summed E-state index contributed by atoms with van der Waals surface area (Å²) < 4.78 is 38.4. The van der Waals surface area contributed by atoms with E-state index in [-0.39, 0.29) is 18.4 Å². The van der Waals surface area contributed by atoms with Gasteiger partial charge in [-0.15, -0.1) is 0 Å². The Morgan fingerprint density at radius 1 is 1.11 bits per heavy atom. The van der Waals surface area contributed by atoms with Crippen LogP contribution in [0.1, 0.15) is 16.7 Å². The van der Waals surface area contributed by atoms with Gasteiger partial charge in [-0.05, 0) is 23.3 Å². The van der Waals surface area contributed by atoms with Crippen molar-refractivity contribution in [1.82, 2.24) is 10.3 Å². The van der Waals surface area contributed by atoms with Gasteiger partial charge in [0, 0.05) is 23.5 Å². The molecule has 1 aromatic heterocycles. The Kier molecular flexibility index (Phi) is 5.39. The topological polar surface area (TPSA) is 88.0 Å². The lowest BCUT2D eigenvalue weighted by Gasteiger charge is -2.16. The van der Waals surface area contributed by atoms with Crippen LogP contribution in [-0.4, -0.2) is 22.8 Å². The predicted molar refractivity (Wildman–Crippen MR) is 98.3 cm³/mol. The molecule has 0 aliphatic heterocycles. The Morgan fingerprint density at radius 3 is 2.57 bits per heavy atom. The fourth-order valence-electron chi connectivity index (χ4n) is 3.03. The molecule has 0 saturated carbocycles. The largest absolute Gasteiger partial charge is 0.416 e. The fraction of sp³-hybridized carbons (Fsp3) is 0.200. The summed E-state index contributed by atoms with van der Waals surface area (Å²) >= 11 is 0. The van der Waals surface area contributed by atoms with Gasteiger partial charge >= 0.3 is 6.18 Å². The zero-order valence-electron chi connectivity index (χ0n) is 14.7. The number of carbonyl (C=O) groups is 2. The van der Waals surface area contributed by atoms with E-state index < -0.39 is 29.6 Å². The molecule has 2 amide bonds. The number of para-hydroxylation sites is 1. The second kappa shape index (κ2) is 7.75. The smallest absolute Gasteiger partial charge is 0.368 e. The molecule has 146 valence electrons. The van der Waals surface area contributed by atoms with Crippen LogP contribution in [0.4, 0.5) is 13.2 Å². The number of nitrogens with two attached hydrogens (primary N) is 1. The van der Waals surface area contributed by atoms with Gasteiger partial charge in [-0.1, -0.05) is 36.4 Å². The Bertz CT molecular complexity index is 1010. The first-order valence-corrected chi connectivity index (χ1v) is 8.54. The third-order valence-corrected chi connectivity index (χ3v) is 4.40. The number of hydrogen-bond acceptors (Lipinski definition) is 2. The third kappa shape index (κ3) is 4.51. The second-order valence-corrected chi connectivity index (χ2v) is 6.46. The highest BCUT2D eigenvalue weighted by Gasteiger charge is 2.30. The SMILES string of the molecule is NC(=O)C(Cc1c[nH]c2ccccc12)NC(=O)Cc1cccc(C(F)(F)F)c1. The summed E-state index contributed by atoms with van der Waals surface area (Å²) in [5.41, 5.74) is 6.46. The summed E-state index contributed by atoms with van der Waals surface area (Å²) in [4.78, 5) is 27.1. The van der Waals surface area contributed by atoms with Crippen molar-refractivity contribution in [2.75, 3.05) is 0 Å². The monoisotopic (exact) mass is 389 g/mol. The zero-order chi connectivity index (χ0) is 20.3. The lowest BCUT2D eigenvalue weighted by molar-refractivity contribution is -0.137. The molecule has 0 radical (unpaired) electrons. The van der Waals surface area contributed by atoms with Crippen molar-refractivity contribution in [2.24, 2.45) is 5.73 Å². The minimum atomic E-state index is -4.49. The molecular weight excluding hydrogens is 371 g/mol. The number of nitrogens with one attached hydrogen (secondary N) is 2. The lowest BCUT2D eigenvalue weighted by atomic mass is 10.0. The van der Waals surface area contributed by atoms with Crippen molar-refractivity contribution < 1.29 is 22.8 Å². The van der Waals surface area contributed by atoms with Crippen LogP contribution in [0.25, 0.3) is 10.9 Å². The van der Waals surface area contributed by atoms with Crippen molar-refractivity contribution in [3.05, 3.63) is 71.4 Å². The van der Waals surface area contributed by atoms with Crippen molar-refractivity contribution >= 4 is 22.7 Å². The maximum atomic E-state index is 12.8. The van der Waals surface area contributed by atoms with Gasteiger partial charge in [-0.25, -0.2) is 0 Å². The molecule has 5 nitrogen and oxygen atoms in total. The molecule has 3 rings (SSSR count). The molecule has 1 heterocycles. The Hall–Kier alpha value is -3.29. The van der Waals surface area contributed by atoms with Gasteiger partial charge in [0.2, 0.25) is 11.8 Å². The minimum absolute atomic E-state index is 0.174. The summed E-state index contributed by atoms with van der Waals surface area (Å²) in [5.74, 6) is -1.30. The zero-order valence-corrected chi connectivity index (χ0v) is 14.7. The van der Waals surface area contributed by atoms with E-state index in [1.807, 2.05) is 24.3 Å². The predicted octanol–water partition coefficient (Wildman–Crippen LogP) is 2.94. The number of hydrogen-bond donors (Lipinski definition) is 3. The molecule has 1 atom stereocenters. The van der Waals surface area contributed by atoms with Crippen LogP contribution >= 0.6 is 0 Å². The number of carbonyl (C=O) groups excluding carboxylic acids is 2. The van der Waals surface area contributed by atoms with Crippen LogP contribution in [-0.2, 0) is 28.6 Å². The first-order chi connectivity index (χ1) is 13.2. The fourth-order valence-corrected chi connectivity index (χ4v) is 3.03. The number of fused-ring (bicyclic) bond motifs is 1. The van der Waals surface area contributed by atoms with Gasteiger partial charge in [-0.2, -0.15) is 13.2 Å². The van der Waals surface area contributed by atoms with Crippen LogP contribution in [0, 0.1) is 0 Å². The van der Waals surface area contributed by atoms with E-state index in [2.05, 4.69) is 10.3 Å². The Labute approximate surface area is 158 Å². The van der Waals surface area contributed by atoms with Gasteiger partial charge < -0.3 is 16.0 Å². The van der Waals surface area contributed by atoms with Crippen LogP contribution in [0.2, 0.25) is 0 Å². The molecule has 28 heavy (non-hydrogen) atoms. The molecule has 0 spiro atoms. The van der Waals surface area contributed by atoms with E-state index in [1.54, 1.807) is 6.20 Å². The number of rotatable bonds is 6. The second-order valence-electron chi connectivity index (χ2n) is 6.46. The van der Waals surface area contributed by atoms with E-state index in [0.29, 0.717) is 0 Å². The lowest BCUT2D eigenvalue weighted by Crippen LogP contribution is -2.46. The van der Waals surface area contributed by atoms with E-state index in [4.69, 9.17) is 5.73 Å². The molecule has 3 aromatic rings. The minimum Gasteiger partial charge on any atom is -0.368 e.